The SMILES string of the molecule is COC(=O)CCNN1CCCC1Cc1ccc(Cl)cc1. The molecule has 1 atom stereocenters. The molecule has 0 aromatic heterocycles. The highest BCUT2D eigenvalue weighted by molar-refractivity contribution is 6.30. The van der Waals surface area contributed by atoms with Crippen LogP contribution in [0.25, 0.3) is 0 Å². The molecule has 110 valence electrons. The number of hydrazine groups is 1. The largest absolute Gasteiger partial charge is 0.469 e. The molecule has 0 aliphatic carbocycles. The number of benzene rings is 1. The third-order valence-electron chi connectivity index (χ3n) is 3.63. The van der Waals surface area contributed by atoms with Gasteiger partial charge in [0, 0.05) is 24.2 Å². The molecule has 0 saturated carbocycles. The van der Waals surface area contributed by atoms with E-state index < -0.39 is 0 Å². The zero-order chi connectivity index (χ0) is 14.4. The van der Waals surface area contributed by atoms with Crippen molar-refractivity contribution in [2.45, 2.75) is 31.7 Å². The van der Waals surface area contributed by atoms with E-state index in [0.717, 1.165) is 18.0 Å². The van der Waals surface area contributed by atoms with Crippen LogP contribution in [-0.4, -0.2) is 37.2 Å². The third kappa shape index (κ3) is 4.47. The summed E-state index contributed by atoms with van der Waals surface area (Å²) in [5, 5.41) is 3.02. The van der Waals surface area contributed by atoms with Gasteiger partial charge in [0.1, 0.15) is 0 Å². The Hall–Kier alpha value is -1.10. The Morgan fingerprint density at radius 1 is 1.45 bits per heavy atom. The van der Waals surface area contributed by atoms with Crippen LogP contribution in [0, 0.1) is 0 Å². The number of methoxy groups -OCH3 is 1. The van der Waals surface area contributed by atoms with Gasteiger partial charge in [-0.1, -0.05) is 23.7 Å². The number of nitrogens with one attached hydrogen (secondary N) is 1. The number of halogens is 1. The Bertz CT molecular complexity index is 436. The van der Waals surface area contributed by atoms with Crippen molar-refractivity contribution in [1.82, 2.24) is 10.4 Å². The molecule has 0 bridgehead atoms. The first-order valence-corrected chi connectivity index (χ1v) is 7.38. The lowest BCUT2D eigenvalue weighted by Gasteiger charge is -2.25. The molecule has 1 unspecified atom stereocenters. The molecule has 20 heavy (non-hydrogen) atoms. The standard InChI is InChI=1S/C15H21ClN2O2/c1-20-15(19)8-9-17-18-10-2-3-14(18)11-12-4-6-13(16)7-5-12/h4-7,14,17H,2-3,8-11H2,1H3. The molecule has 1 fully saturated rings. The number of hydrogen-bond acceptors (Lipinski definition) is 4. The fourth-order valence-corrected chi connectivity index (χ4v) is 2.68. The van der Waals surface area contributed by atoms with Crippen molar-refractivity contribution in [1.29, 1.82) is 0 Å². The lowest BCUT2D eigenvalue weighted by molar-refractivity contribution is -0.140. The van der Waals surface area contributed by atoms with Gasteiger partial charge >= 0.3 is 5.97 Å². The number of ether oxygens (including phenoxy) is 1. The predicted molar refractivity (Wildman–Crippen MR) is 79.5 cm³/mol. The molecule has 1 saturated heterocycles. The van der Waals surface area contributed by atoms with Gasteiger partial charge < -0.3 is 4.74 Å². The second-order valence-electron chi connectivity index (χ2n) is 5.05. The number of rotatable bonds is 6. The van der Waals surface area contributed by atoms with Crippen molar-refractivity contribution < 1.29 is 9.53 Å². The quantitative estimate of drug-likeness (QED) is 0.819. The van der Waals surface area contributed by atoms with E-state index in [1.54, 1.807) is 0 Å². The molecule has 0 radical (unpaired) electrons. The topological polar surface area (TPSA) is 41.6 Å². The summed E-state index contributed by atoms with van der Waals surface area (Å²) in [6.45, 7) is 1.66. The van der Waals surface area contributed by atoms with Crippen LogP contribution in [0.15, 0.2) is 24.3 Å². The minimum absolute atomic E-state index is 0.175. The summed E-state index contributed by atoms with van der Waals surface area (Å²) in [4.78, 5) is 11.1. The molecule has 4 nitrogen and oxygen atoms in total. The fraction of sp³-hybridized carbons (Fsp3) is 0.533. The molecule has 1 aliphatic rings. The molecular formula is C15H21ClN2O2. The number of carbonyl (C=O) groups is 1. The van der Waals surface area contributed by atoms with Crippen LogP contribution >= 0.6 is 11.6 Å². The number of hydrogen-bond donors (Lipinski definition) is 1. The summed E-state index contributed by atoms with van der Waals surface area (Å²) < 4.78 is 4.64. The predicted octanol–water partition coefficient (Wildman–Crippen LogP) is 2.41. The molecule has 1 N–H and O–H groups in total. The summed E-state index contributed by atoms with van der Waals surface area (Å²) in [7, 11) is 1.42. The van der Waals surface area contributed by atoms with Gasteiger partial charge in [-0.25, -0.2) is 5.01 Å². The Kier molecular flexibility index (Phi) is 5.83. The molecule has 1 heterocycles. The first kappa shape index (κ1) is 15.3. The van der Waals surface area contributed by atoms with Gasteiger partial charge in [0.15, 0.2) is 0 Å². The lowest BCUT2D eigenvalue weighted by atomic mass is 10.0. The Morgan fingerprint density at radius 2 is 2.20 bits per heavy atom. The molecule has 1 aromatic carbocycles. The Morgan fingerprint density at radius 3 is 2.90 bits per heavy atom. The molecule has 2 rings (SSSR count). The zero-order valence-electron chi connectivity index (χ0n) is 11.8. The maximum absolute atomic E-state index is 11.1. The van der Waals surface area contributed by atoms with Gasteiger partial charge in [0.05, 0.1) is 13.5 Å². The van der Waals surface area contributed by atoms with Crippen molar-refractivity contribution in [3.8, 4) is 0 Å². The highest BCUT2D eigenvalue weighted by atomic mass is 35.5. The van der Waals surface area contributed by atoms with E-state index in [9.17, 15) is 4.79 Å². The van der Waals surface area contributed by atoms with E-state index in [0.29, 0.717) is 19.0 Å². The van der Waals surface area contributed by atoms with Crippen LogP contribution in [0.4, 0.5) is 0 Å². The summed E-state index contributed by atoms with van der Waals surface area (Å²) in [6, 6.07) is 8.50. The van der Waals surface area contributed by atoms with Crippen LogP contribution in [-0.2, 0) is 16.0 Å². The van der Waals surface area contributed by atoms with Crippen LogP contribution in [0.3, 0.4) is 0 Å². The number of nitrogens with zero attached hydrogens (tertiary/aromatic N) is 1. The normalized spacial score (nSPS) is 19.2. The molecule has 1 aromatic rings. The molecule has 5 heteroatoms. The van der Waals surface area contributed by atoms with Crippen LogP contribution in [0.5, 0.6) is 0 Å². The van der Waals surface area contributed by atoms with Crippen LogP contribution in [0.2, 0.25) is 5.02 Å². The van der Waals surface area contributed by atoms with Gasteiger partial charge in [0.2, 0.25) is 0 Å². The summed E-state index contributed by atoms with van der Waals surface area (Å²) in [5.41, 5.74) is 4.63. The van der Waals surface area contributed by atoms with Crippen molar-refractivity contribution in [2.24, 2.45) is 0 Å². The first-order valence-electron chi connectivity index (χ1n) is 7.00. The average molecular weight is 297 g/mol. The maximum Gasteiger partial charge on any atom is 0.306 e. The number of carbonyl (C=O) groups excluding carboxylic acids is 1. The molecule has 0 spiro atoms. The highest BCUT2D eigenvalue weighted by Gasteiger charge is 2.24. The van der Waals surface area contributed by atoms with Crippen molar-refractivity contribution in [2.75, 3.05) is 20.2 Å². The van der Waals surface area contributed by atoms with Gasteiger partial charge in [-0.2, -0.15) is 0 Å². The molecule has 1 aliphatic heterocycles. The van der Waals surface area contributed by atoms with E-state index in [1.165, 1.54) is 25.5 Å². The minimum Gasteiger partial charge on any atom is -0.469 e. The van der Waals surface area contributed by atoms with Crippen molar-refractivity contribution in [3.63, 3.8) is 0 Å². The molecular weight excluding hydrogens is 276 g/mol. The molecule has 0 amide bonds. The highest BCUT2D eigenvalue weighted by Crippen LogP contribution is 2.20. The monoisotopic (exact) mass is 296 g/mol. The second kappa shape index (κ2) is 7.62. The summed E-state index contributed by atoms with van der Waals surface area (Å²) in [5.74, 6) is -0.175. The fourth-order valence-electron chi connectivity index (χ4n) is 2.55. The zero-order valence-corrected chi connectivity index (χ0v) is 12.5. The Balaban J connectivity index is 1.81. The van der Waals surface area contributed by atoms with Crippen LogP contribution in [0.1, 0.15) is 24.8 Å². The minimum atomic E-state index is -0.175. The lowest BCUT2D eigenvalue weighted by Crippen LogP contribution is -2.43. The first-order chi connectivity index (χ1) is 9.69. The van der Waals surface area contributed by atoms with Gasteiger partial charge in [-0.05, 0) is 37.0 Å². The number of esters is 1. The van der Waals surface area contributed by atoms with Gasteiger partial charge in [-0.3, -0.25) is 10.2 Å². The summed E-state index contributed by atoms with van der Waals surface area (Å²) >= 11 is 5.90. The van der Waals surface area contributed by atoms with E-state index in [-0.39, 0.29) is 5.97 Å². The van der Waals surface area contributed by atoms with E-state index in [4.69, 9.17) is 11.6 Å². The Labute approximate surface area is 125 Å². The van der Waals surface area contributed by atoms with Crippen molar-refractivity contribution >= 4 is 17.6 Å². The van der Waals surface area contributed by atoms with Crippen LogP contribution < -0.4 is 5.43 Å². The van der Waals surface area contributed by atoms with E-state index in [2.05, 4.69) is 27.3 Å². The smallest absolute Gasteiger partial charge is 0.306 e. The van der Waals surface area contributed by atoms with Gasteiger partial charge in [-0.15, -0.1) is 0 Å². The van der Waals surface area contributed by atoms with Crippen molar-refractivity contribution in [3.05, 3.63) is 34.9 Å². The van der Waals surface area contributed by atoms with Gasteiger partial charge in [0.25, 0.3) is 0 Å². The van der Waals surface area contributed by atoms with E-state index >= 15 is 0 Å². The second-order valence-corrected chi connectivity index (χ2v) is 5.49. The maximum atomic E-state index is 11.1. The van der Waals surface area contributed by atoms with E-state index in [1.807, 2.05) is 12.1 Å². The summed E-state index contributed by atoms with van der Waals surface area (Å²) in [6.07, 6.45) is 3.76. The average Bonchev–Trinajstić information content (AvgIpc) is 2.88. The third-order valence-corrected chi connectivity index (χ3v) is 3.89.